The van der Waals surface area contributed by atoms with Crippen LogP contribution in [0.4, 0.5) is 0 Å². The van der Waals surface area contributed by atoms with Crippen LogP contribution in [-0.4, -0.2) is 43.9 Å². The van der Waals surface area contributed by atoms with Gasteiger partial charge in [-0.1, -0.05) is 13.8 Å². The Bertz CT molecular complexity index is 253. The zero-order chi connectivity index (χ0) is 13.5. The molecule has 2 unspecified atom stereocenters. The van der Waals surface area contributed by atoms with E-state index in [1.54, 1.807) is 0 Å². The lowest BCUT2D eigenvalue weighted by molar-refractivity contribution is -0.123. The molecule has 1 fully saturated rings. The van der Waals surface area contributed by atoms with Crippen LogP contribution in [-0.2, 0) is 14.3 Å². The van der Waals surface area contributed by atoms with Crippen molar-refractivity contribution < 1.29 is 14.3 Å². The Labute approximate surface area is 109 Å². The number of nitrogens with one attached hydrogen (secondary N) is 1. The van der Waals surface area contributed by atoms with E-state index in [0.717, 1.165) is 13.0 Å². The molecule has 0 bridgehead atoms. The topological polar surface area (TPSA) is 73.6 Å². The summed E-state index contributed by atoms with van der Waals surface area (Å²) in [6.45, 7) is 7.97. The molecule has 18 heavy (non-hydrogen) atoms. The van der Waals surface area contributed by atoms with E-state index in [0.29, 0.717) is 25.6 Å². The van der Waals surface area contributed by atoms with E-state index < -0.39 is 6.04 Å². The molecule has 1 rings (SSSR count). The minimum atomic E-state index is -0.428. The molecule has 1 heterocycles. The molecule has 0 aliphatic carbocycles. The van der Waals surface area contributed by atoms with Crippen LogP contribution in [0.25, 0.3) is 0 Å². The summed E-state index contributed by atoms with van der Waals surface area (Å²) in [7, 11) is 0. The van der Waals surface area contributed by atoms with Gasteiger partial charge in [-0.2, -0.15) is 0 Å². The molecule has 3 N–H and O–H groups in total. The molecule has 1 aliphatic rings. The smallest absolute Gasteiger partial charge is 0.237 e. The number of hydrogen-bond acceptors (Lipinski definition) is 4. The van der Waals surface area contributed by atoms with E-state index in [9.17, 15) is 4.79 Å². The molecular formula is C13H26N2O3. The fourth-order valence-corrected chi connectivity index (χ4v) is 1.93. The first-order chi connectivity index (χ1) is 8.49. The van der Waals surface area contributed by atoms with Crippen molar-refractivity contribution in [3.63, 3.8) is 0 Å². The summed E-state index contributed by atoms with van der Waals surface area (Å²) in [4.78, 5) is 11.8. The maximum atomic E-state index is 11.8. The first-order valence-corrected chi connectivity index (χ1v) is 6.74. The predicted molar refractivity (Wildman–Crippen MR) is 70.2 cm³/mol. The van der Waals surface area contributed by atoms with Gasteiger partial charge in [0.25, 0.3) is 0 Å². The van der Waals surface area contributed by atoms with Crippen molar-refractivity contribution in [3.05, 3.63) is 0 Å². The highest BCUT2D eigenvalue weighted by Crippen LogP contribution is 2.08. The maximum absolute atomic E-state index is 11.8. The van der Waals surface area contributed by atoms with Gasteiger partial charge >= 0.3 is 0 Å². The van der Waals surface area contributed by atoms with Gasteiger partial charge in [0.2, 0.25) is 5.91 Å². The van der Waals surface area contributed by atoms with Crippen LogP contribution >= 0.6 is 0 Å². The molecule has 0 saturated carbocycles. The van der Waals surface area contributed by atoms with Crippen LogP contribution in [0.15, 0.2) is 0 Å². The lowest BCUT2D eigenvalue weighted by Crippen LogP contribution is -2.46. The van der Waals surface area contributed by atoms with Gasteiger partial charge in [-0.25, -0.2) is 0 Å². The minimum absolute atomic E-state index is 0.0173. The first-order valence-electron chi connectivity index (χ1n) is 6.74. The highest BCUT2D eigenvalue weighted by Gasteiger charge is 2.19. The maximum Gasteiger partial charge on any atom is 0.237 e. The quantitative estimate of drug-likeness (QED) is 0.704. The van der Waals surface area contributed by atoms with Crippen LogP contribution < -0.4 is 11.1 Å². The molecule has 5 nitrogen and oxygen atoms in total. The van der Waals surface area contributed by atoms with Crippen molar-refractivity contribution in [2.75, 3.05) is 19.8 Å². The van der Waals surface area contributed by atoms with Gasteiger partial charge in [0.15, 0.2) is 0 Å². The number of carbonyl (C=O) groups is 1. The first kappa shape index (κ1) is 15.4. The molecular weight excluding hydrogens is 232 g/mol. The molecule has 0 aromatic rings. The average molecular weight is 258 g/mol. The second kappa shape index (κ2) is 7.71. The van der Waals surface area contributed by atoms with Crippen molar-refractivity contribution in [1.29, 1.82) is 0 Å². The number of ether oxygens (including phenoxy) is 2. The van der Waals surface area contributed by atoms with Crippen LogP contribution in [0.3, 0.4) is 0 Å². The van der Waals surface area contributed by atoms with E-state index in [2.05, 4.69) is 19.2 Å². The second-order valence-electron chi connectivity index (χ2n) is 5.46. The molecule has 0 aromatic heterocycles. The summed E-state index contributed by atoms with van der Waals surface area (Å²) in [6.07, 6.45) is 1.82. The third-order valence-electron chi connectivity index (χ3n) is 2.92. The van der Waals surface area contributed by atoms with E-state index >= 15 is 0 Å². The van der Waals surface area contributed by atoms with Gasteiger partial charge in [-0.15, -0.1) is 0 Å². The number of rotatable bonds is 7. The van der Waals surface area contributed by atoms with Gasteiger partial charge in [0, 0.05) is 12.6 Å². The van der Waals surface area contributed by atoms with Gasteiger partial charge < -0.3 is 20.5 Å². The molecule has 0 radical (unpaired) electrons. The summed E-state index contributed by atoms with van der Waals surface area (Å²) >= 11 is 0. The average Bonchev–Trinajstić information content (AvgIpc) is 2.78. The SMILES string of the molecule is CC(C)C[C@H](N)C(=O)NC(C)COC1CCOC1. The Balaban J connectivity index is 2.17. The Morgan fingerprint density at radius 2 is 2.22 bits per heavy atom. The minimum Gasteiger partial charge on any atom is -0.379 e. The Kier molecular flexibility index (Phi) is 6.60. The zero-order valence-electron chi connectivity index (χ0n) is 11.6. The van der Waals surface area contributed by atoms with E-state index in [-0.39, 0.29) is 18.1 Å². The van der Waals surface area contributed by atoms with Crippen molar-refractivity contribution >= 4 is 5.91 Å². The van der Waals surface area contributed by atoms with Gasteiger partial charge in [0.05, 0.1) is 25.4 Å². The molecule has 106 valence electrons. The van der Waals surface area contributed by atoms with Gasteiger partial charge in [0.1, 0.15) is 0 Å². The third-order valence-corrected chi connectivity index (χ3v) is 2.92. The molecule has 1 saturated heterocycles. The monoisotopic (exact) mass is 258 g/mol. The molecule has 3 atom stereocenters. The van der Waals surface area contributed by atoms with E-state index in [1.807, 2.05) is 6.92 Å². The summed E-state index contributed by atoms with van der Waals surface area (Å²) < 4.78 is 10.9. The molecule has 1 aliphatic heterocycles. The van der Waals surface area contributed by atoms with E-state index in [1.165, 1.54) is 0 Å². The summed E-state index contributed by atoms with van der Waals surface area (Å²) in [6, 6.07) is -0.446. The Morgan fingerprint density at radius 3 is 2.78 bits per heavy atom. The van der Waals surface area contributed by atoms with Crippen molar-refractivity contribution in [2.24, 2.45) is 11.7 Å². The lowest BCUT2D eigenvalue weighted by Gasteiger charge is -2.20. The highest BCUT2D eigenvalue weighted by molar-refractivity contribution is 5.81. The summed E-state index contributed by atoms with van der Waals surface area (Å²) in [5.41, 5.74) is 5.81. The lowest BCUT2D eigenvalue weighted by atomic mass is 10.0. The second-order valence-corrected chi connectivity index (χ2v) is 5.46. The Hall–Kier alpha value is -0.650. The zero-order valence-corrected chi connectivity index (χ0v) is 11.6. The van der Waals surface area contributed by atoms with Crippen LogP contribution in [0.2, 0.25) is 0 Å². The van der Waals surface area contributed by atoms with Crippen LogP contribution in [0.1, 0.15) is 33.6 Å². The Morgan fingerprint density at radius 1 is 1.50 bits per heavy atom. The summed E-state index contributed by atoms with van der Waals surface area (Å²) in [5, 5.41) is 2.88. The fraction of sp³-hybridized carbons (Fsp3) is 0.923. The third kappa shape index (κ3) is 5.80. The van der Waals surface area contributed by atoms with Crippen molar-refractivity contribution in [1.82, 2.24) is 5.32 Å². The molecule has 5 heteroatoms. The highest BCUT2D eigenvalue weighted by atomic mass is 16.5. The normalized spacial score (nSPS) is 23.1. The number of hydrogen-bond donors (Lipinski definition) is 2. The molecule has 0 spiro atoms. The number of nitrogens with two attached hydrogens (primary N) is 1. The summed E-state index contributed by atoms with van der Waals surface area (Å²) in [5.74, 6) is 0.329. The molecule has 0 aromatic carbocycles. The standard InChI is InChI=1S/C13H26N2O3/c1-9(2)6-12(14)13(16)15-10(3)7-18-11-4-5-17-8-11/h9-12H,4-8,14H2,1-3H3,(H,15,16)/t10?,11?,12-/m0/s1. The van der Waals surface area contributed by atoms with Crippen molar-refractivity contribution in [2.45, 2.75) is 51.8 Å². The van der Waals surface area contributed by atoms with Crippen LogP contribution in [0.5, 0.6) is 0 Å². The van der Waals surface area contributed by atoms with Gasteiger partial charge in [-0.3, -0.25) is 4.79 Å². The largest absolute Gasteiger partial charge is 0.379 e. The molecule has 1 amide bonds. The van der Waals surface area contributed by atoms with Crippen LogP contribution in [0, 0.1) is 5.92 Å². The van der Waals surface area contributed by atoms with Gasteiger partial charge in [-0.05, 0) is 25.7 Å². The number of carbonyl (C=O) groups excluding carboxylic acids is 1. The fourth-order valence-electron chi connectivity index (χ4n) is 1.93. The van der Waals surface area contributed by atoms with Crippen molar-refractivity contribution in [3.8, 4) is 0 Å². The van der Waals surface area contributed by atoms with E-state index in [4.69, 9.17) is 15.2 Å². The predicted octanol–water partition coefficient (Wildman–Crippen LogP) is 0.670. The number of amides is 1.